The number of anilines is 1. The Kier molecular flexibility index (Phi) is 4.81. The Morgan fingerprint density at radius 2 is 2.20 bits per heavy atom. The Bertz CT molecular complexity index is 308. The molecule has 0 saturated carbocycles. The number of rotatable bonds is 5. The van der Waals surface area contributed by atoms with Crippen LogP contribution in [0.1, 0.15) is 13.8 Å². The fourth-order valence-corrected chi connectivity index (χ4v) is 1.60. The molecule has 2 atom stereocenters. The largest absolute Gasteiger partial charge is 0.481 e. The number of halogens is 1. The van der Waals surface area contributed by atoms with Crippen LogP contribution in [0.2, 0.25) is 0 Å². The number of hydrogen-bond acceptors (Lipinski definition) is 4. The molecule has 0 spiro atoms. The summed E-state index contributed by atoms with van der Waals surface area (Å²) in [5.74, 6) is 1.90. The Labute approximate surface area is 98.6 Å². The minimum Gasteiger partial charge on any atom is -0.481 e. The van der Waals surface area contributed by atoms with Crippen molar-refractivity contribution in [3.63, 3.8) is 0 Å². The van der Waals surface area contributed by atoms with Crippen LogP contribution in [0.15, 0.2) is 12.4 Å². The second-order valence-electron chi connectivity index (χ2n) is 3.51. The van der Waals surface area contributed by atoms with Crippen LogP contribution >= 0.6 is 15.9 Å². The van der Waals surface area contributed by atoms with E-state index in [-0.39, 0.29) is 0 Å². The molecule has 0 aliphatic rings. The molecule has 1 rings (SSSR count). The van der Waals surface area contributed by atoms with E-state index in [9.17, 15) is 0 Å². The van der Waals surface area contributed by atoms with Gasteiger partial charge >= 0.3 is 0 Å². The number of nitrogens with one attached hydrogen (secondary N) is 1. The maximum Gasteiger partial charge on any atom is 0.218 e. The van der Waals surface area contributed by atoms with Crippen molar-refractivity contribution in [3.05, 3.63) is 12.4 Å². The van der Waals surface area contributed by atoms with Crippen LogP contribution in [0.25, 0.3) is 0 Å². The molecule has 1 N–H and O–H groups in total. The standard InChI is InChI=1S/C10H16BrN3O/c1-7(5-11)8(2)14-9-4-10(15-3)13-6-12-9/h4,6-8H,5H2,1-3H3,(H,12,13,14). The second kappa shape index (κ2) is 5.90. The third-order valence-corrected chi connectivity index (χ3v) is 3.34. The highest BCUT2D eigenvalue weighted by Gasteiger charge is 2.11. The van der Waals surface area contributed by atoms with E-state index in [0.717, 1.165) is 11.1 Å². The van der Waals surface area contributed by atoms with Gasteiger partial charge in [-0.2, -0.15) is 0 Å². The molecule has 84 valence electrons. The summed E-state index contributed by atoms with van der Waals surface area (Å²) < 4.78 is 5.02. The lowest BCUT2D eigenvalue weighted by molar-refractivity contribution is 0.397. The average Bonchev–Trinajstić information content (AvgIpc) is 2.28. The molecule has 1 heterocycles. The smallest absolute Gasteiger partial charge is 0.218 e. The molecule has 5 heteroatoms. The van der Waals surface area contributed by atoms with Crippen molar-refractivity contribution in [3.8, 4) is 5.88 Å². The fourth-order valence-electron chi connectivity index (χ4n) is 1.04. The van der Waals surface area contributed by atoms with Crippen molar-refractivity contribution in [2.24, 2.45) is 5.92 Å². The summed E-state index contributed by atoms with van der Waals surface area (Å²) in [5, 5.41) is 4.27. The molecule has 1 aromatic heterocycles. The molecule has 0 aliphatic heterocycles. The zero-order chi connectivity index (χ0) is 11.3. The van der Waals surface area contributed by atoms with Gasteiger partial charge in [-0.25, -0.2) is 9.97 Å². The molecule has 0 fully saturated rings. The SMILES string of the molecule is COc1cc(NC(C)C(C)CBr)ncn1. The predicted octanol–water partition coefficient (Wildman–Crippen LogP) is 2.32. The molecule has 4 nitrogen and oxygen atoms in total. The van der Waals surface area contributed by atoms with Crippen molar-refractivity contribution >= 4 is 21.7 Å². The maximum absolute atomic E-state index is 5.02. The number of alkyl halides is 1. The van der Waals surface area contributed by atoms with E-state index in [1.165, 1.54) is 6.33 Å². The summed E-state index contributed by atoms with van der Waals surface area (Å²) in [6, 6.07) is 2.14. The first-order chi connectivity index (χ1) is 7.17. The summed E-state index contributed by atoms with van der Waals surface area (Å²) in [5.41, 5.74) is 0. The van der Waals surface area contributed by atoms with E-state index in [1.807, 2.05) is 0 Å². The van der Waals surface area contributed by atoms with Crippen LogP contribution in [-0.2, 0) is 0 Å². The molecule has 2 unspecified atom stereocenters. The van der Waals surface area contributed by atoms with Crippen LogP contribution in [0, 0.1) is 5.92 Å². The molecular formula is C10H16BrN3O. The van der Waals surface area contributed by atoms with Gasteiger partial charge in [0.05, 0.1) is 7.11 Å². The summed E-state index contributed by atoms with van der Waals surface area (Å²) in [7, 11) is 1.59. The highest BCUT2D eigenvalue weighted by molar-refractivity contribution is 9.09. The van der Waals surface area contributed by atoms with Crippen LogP contribution < -0.4 is 10.1 Å². The molecule has 0 aliphatic carbocycles. The number of aromatic nitrogens is 2. The van der Waals surface area contributed by atoms with E-state index in [2.05, 4.69) is 45.1 Å². The first kappa shape index (κ1) is 12.2. The first-order valence-electron chi connectivity index (χ1n) is 4.86. The van der Waals surface area contributed by atoms with E-state index in [0.29, 0.717) is 17.8 Å². The van der Waals surface area contributed by atoms with Crippen LogP contribution in [0.3, 0.4) is 0 Å². The monoisotopic (exact) mass is 273 g/mol. The highest BCUT2D eigenvalue weighted by Crippen LogP contribution is 2.15. The average molecular weight is 274 g/mol. The Morgan fingerprint density at radius 1 is 1.47 bits per heavy atom. The Hall–Kier alpha value is -0.840. The van der Waals surface area contributed by atoms with Gasteiger partial charge < -0.3 is 10.1 Å². The van der Waals surface area contributed by atoms with Crippen molar-refractivity contribution in [2.75, 3.05) is 17.8 Å². The van der Waals surface area contributed by atoms with E-state index in [1.54, 1.807) is 13.2 Å². The fraction of sp³-hybridized carbons (Fsp3) is 0.600. The first-order valence-corrected chi connectivity index (χ1v) is 5.98. The topological polar surface area (TPSA) is 47.0 Å². The van der Waals surface area contributed by atoms with Crippen LogP contribution in [-0.4, -0.2) is 28.4 Å². The molecule has 0 amide bonds. The van der Waals surface area contributed by atoms with Gasteiger partial charge in [-0.3, -0.25) is 0 Å². The third kappa shape index (κ3) is 3.66. The van der Waals surface area contributed by atoms with Crippen molar-refractivity contribution < 1.29 is 4.74 Å². The predicted molar refractivity (Wildman–Crippen MR) is 64.6 cm³/mol. The lowest BCUT2D eigenvalue weighted by atomic mass is 10.1. The van der Waals surface area contributed by atoms with Gasteiger partial charge in [0, 0.05) is 17.4 Å². The normalized spacial score (nSPS) is 14.4. The van der Waals surface area contributed by atoms with Gasteiger partial charge in [-0.15, -0.1) is 0 Å². The van der Waals surface area contributed by atoms with Gasteiger partial charge in [-0.1, -0.05) is 22.9 Å². The molecule has 0 radical (unpaired) electrons. The maximum atomic E-state index is 5.02. The lowest BCUT2D eigenvalue weighted by Crippen LogP contribution is -2.25. The van der Waals surface area contributed by atoms with E-state index >= 15 is 0 Å². The molecule has 15 heavy (non-hydrogen) atoms. The zero-order valence-corrected chi connectivity index (χ0v) is 10.8. The number of nitrogens with zero attached hydrogens (tertiary/aromatic N) is 2. The Morgan fingerprint density at radius 3 is 2.80 bits per heavy atom. The summed E-state index contributed by atoms with van der Waals surface area (Å²) >= 11 is 3.46. The van der Waals surface area contributed by atoms with Gasteiger partial charge in [-0.05, 0) is 12.8 Å². The van der Waals surface area contributed by atoms with Gasteiger partial charge in [0.25, 0.3) is 0 Å². The summed E-state index contributed by atoms with van der Waals surface area (Å²) in [6.45, 7) is 4.30. The highest BCUT2D eigenvalue weighted by atomic mass is 79.9. The number of methoxy groups -OCH3 is 1. The third-order valence-electron chi connectivity index (χ3n) is 2.32. The number of ether oxygens (including phenoxy) is 1. The second-order valence-corrected chi connectivity index (χ2v) is 4.16. The molecule has 0 bridgehead atoms. The van der Waals surface area contributed by atoms with Gasteiger partial charge in [0.1, 0.15) is 12.1 Å². The van der Waals surface area contributed by atoms with Gasteiger partial charge in [0.15, 0.2) is 0 Å². The van der Waals surface area contributed by atoms with Crippen molar-refractivity contribution in [1.29, 1.82) is 0 Å². The minimum absolute atomic E-state index is 0.351. The molecule has 0 saturated heterocycles. The van der Waals surface area contributed by atoms with Crippen molar-refractivity contribution in [2.45, 2.75) is 19.9 Å². The molecular weight excluding hydrogens is 258 g/mol. The summed E-state index contributed by atoms with van der Waals surface area (Å²) in [4.78, 5) is 8.07. The minimum atomic E-state index is 0.351. The summed E-state index contributed by atoms with van der Waals surface area (Å²) in [6.07, 6.45) is 1.49. The lowest BCUT2D eigenvalue weighted by Gasteiger charge is -2.19. The van der Waals surface area contributed by atoms with Crippen molar-refractivity contribution in [1.82, 2.24) is 9.97 Å². The molecule has 1 aromatic rings. The van der Waals surface area contributed by atoms with Gasteiger partial charge in [0.2, 0.25) is 5.88 Å². The quantitative estimate of drug-likeness (QED) is 0.837. The molecule has 0 aromatic carbocycles. The van der Waals surface area contributed by atoms with Crippen LogP contribution in [0.5, 0.6) is 5.88 Å². The number of hydrogen-bond donors (Lipinski definition) is 1. The van der Waals surface area contributed by atoms with E-state index < -0.39 is 0 Å². The zero-order valence-electron chi connectivity index (χ0n) is 9.20. The Balaban J connectivity index is 2.63. The van der Waals surface area contributed by atoms with Crippen LogP contribution in [0.4, 0.5) is 5.82 Å². The van der Waals surface area contributed by atoms with E-state index in [4.69, 9.17) is 4.74 Å².